The molecule has 1 aliphatic heterocycles. The fourth-order valence-corrected chi connectivity index (χ4v) is 1.80. The Morgan fingerprint density at radius 3 is 3.00 bits per heavy atom. The number of cyclic esters (lactones) is 1. The molecule has 0 spiro atoms. The number of carbonyl (C=O) groups excluding carboxylic acids is 1. The summed E-state index contributed by atoms with van der Waals surface area (Å²) in [5.74, 6) is 0. The summed E-state index contributed by atoms with van der Waals surface area (Å²) in [4.78, 5) is 13.2. The molecule has 1 N–H and O–H groups in total. The molecule has 2 aliphatic rings. The van der Waals surface area contributed by atoms with Gasteiger partial charge in [-0.05, 0) is 32.9 Å². The van der Waals surface area contributed by atoms with Crippen molar-refractivity contribution in [2.24, 2.45) is 0 Å². The van der Waals surface area contributed by atoms with Gasteiger partial charge >= 0.3 is 6.09 Å². The second kappa shape index (κ2) is 3.54. The molecule has 2 fully saturated rings. The number of nitrogens with one attached hydrogen (secondary N) is 1. The SMILES string of the molecule is CNCCC1COC(=O)N1C1CC1. The van der Waals surface area contributed by atoms with E-state index in [4.69, 9.17) is 4.74 Å². The van der Waals surface area contributed by atoms with Crippen LogP contribution in [0, 0.1) is 0 Å². The van der Waals surface area contributed by atoms with Gasteiger partial charge in [0.15, 0.2) is 0 Å². The van der Waals surface area contributed by atoms with Crippen LogP contribution in [0.2, 0.25) is 0 Å². The molecule has 0 aromatic heterocycles. The van der Waals surface area contributed by atoms with Crippen LogP contribution in [0.4, 0.5) is 4.79 Å². The predicted octanol–water partition coefficient (Wildman–Crippen LogP) is 0.579. The van der Waals surface area contributed by atoms with Crippen molar-refractivity contribution >= 4 is 6.09 Å². The summed E-state index contributed by atoms with van der Waals surface area (Å²) in [6, 6.07) is 0.796. The fraction of sp³-hybridized carbons (Fsp3) is 0.889. The first-order chi connectivity index (χ1) is 6.33. The van der Waals surface area contributed by atoms with E-state index in [1.165, 1.54) is 0 Å². The van der Waals surface area contributed by atoms with Gasteiger partial charge in [-0.2, -0.15) is 0 Å². The Hall–Kier alpha value is -0.770. The van der Waals surface area contributed by atoms with E-state index in [1.807, 2.05) is 11.9 Å². The first kappa shape index (κ1) is 8.81. The Balaban J connectivity index is 1.90. The third-order valence-corrected chi connectivity index (χ3v) is 2.67. The molecule has 0 aromatic rings. The van der Waals surface area contributed by atoms with Crippen LogP contribution in [-0.2, 0) is 4.74 Å². The Labute approximate surface area is 78.2 Å². The highest BCUT2D eigenvalue weighted by molar-refractivity contribution is 5.71. The summed E-state index contributed by atoms with van der Waals surface area (Å²) >= 11 is 0. The van der Waals surface area contributed by atoms with Crippen molar-refractivity contribution in [1.29, 1.82) is 0 Å². The van der Waals surface area contributed by atoms with Gasteiger partial charge in [0.2, 0.25) is 0 Å². The molecule has 4 nitrogen and oxygen atoms in total. The van der Waals surface area contributed by atoms with Crippen molar-refractivity contribution in [2.75, 3.05) is 20.2 Å². The van der Waals surface area contributed by atoms with Crippen molar-refractivity contribution < 1.29 is 9.53 Å². The summed E-state index contributed by atoms with van der Waals surface area (Å²) in [5, 5.41) is 3.10. The van der Waals surface area contributed by atoms with E-state index in [0.29, 0.717) is 18.7 Å². The molecule has 1 saturated heterocycles. The van der Waals surface area contributed by atoms with E-state index in [1.54, 1.807) is 0 Å². The van der Waals surface area contributed by atoms with Crippen LogP contribution in [0.5, 0.6) is 0 Å². The normalized spacial score (nSPS) is 27.9. The Morgan fingerprint density at radius 1 is 1.62 bits per heavy atom. The summed E-state index contributed by atoms with van der Waals surface area (Å²) in [5.41, 5.74) is 0. The van der Waals surface area contributed by atoms with E-state index in [-0.39, 0.29) is 6.09 Å². The Kier molecular flexibility index (Phi) is 2.40. The number of amides is 1. The molecule has 74 valence electrons. The van der Waals surface area contributed by atoms with Gasteiger partial charge in [0.05, 0.1) is 6.04 Å². The van der Waals surface area contributed by atoms with Gasteiger partial charge in [-0.15, -0.1) is 0 Å². The maximum absolute atomic E-state index is 11.3. The molecule has 1 saturated carbocycles. The minimum absolute atomic E-state index is 0.108. The molecule has 1 atom stereocenters. The Morgan fingerprint density at radius 2 is 2.38 bits per heavy atom. The first-order valence-corrected chi connectivity index (χ1v) is 4.92. The number of hydrogen-bond acceptors (Lipinski definition) is 3. The first-order valence-electron chi connectivity index (χ1n) is 4.92. The molecule has 1 heterocycles. The molecule has 0 radical (unpaired) electrons. The zero-order valence-electron chi connectivity index (χ0n) is 7.95. The predicted molar refractivity (Wildman–Crippen MR) is 48.5 cm³/mol. The quantitative estimate of drug-likeness (QED) is 0.695. The molecule has 2 rings (SSSR count). The highest BCUT2D eigenvalue weighted by Crippen LogP contribution is 2.32. The van der Waals surface area contributed by atoms with Crippen molar-refractivity contribution in [2.45, 2.75) is 31.3 Å². The summed E-state index contributed by atoms with van der Waals surface area (Å²) in [7, 11) is 1.93. The smallest absolute Gasteiger partial charge is 0.410 e. The average molecular weight is 184 g/mol. The molecule has 0 aromatic carbocycles. The van der Waals surface area contributed by atoms with Crippen LogP contribution >= 0.6 is 0 Å². The monoisotopic (exact) mass is 184 g/mol. The lowest BCUT2D eigenvalue weighted by atomic mass is 10.2. The number of hydrogen-bond donors (Lipinski definition) is 1. The second-order valence-electron chi connectivity index (χ2n) is 3.76. The van der Waals surface area contributed by atoms with Crippen LogP contribution in [0.25, 0.3) is 0 Å². The minimum Gasteiger partial charge on any atom is -0.447 e. The van der Waals surface area contributed by atoms with Crippen molar-refractivity contribution in [3.63, 3.8) is 0 Å². The second-order valence-corrected chi connectivity index (χ2v) is 3.76. The van der Waals surface area contributed by atoms with Gasteiger partial charge in [-0.3, -0.25) is 4.90 Å². The third kappa shape index (κ3) is 1.77. The van der Waals surface area contributed by atoms with Crippen LogP contribution in [0.1, 0.15) is 19.3 Å². The molecule has 13 heavy (non-hydrogen) atoms. The van der Waals surface area contributed by atoms with Crippen LogP contribution in [0.15, 0.2) is 0 Å². The minimum atomic E-state index is -0.108. The zero-order valence-corrected chi connectivity index (χ0v) is 7.95. The highest BCUT2D eigenvalue weighted by Gasteiger charge is 2.42. The van der Waals surface area contributed by atoms with Crippen molar-refractivity contribution in [1.82, 2.24) is 10.2 Å². The standard InChI is InChI=1S/C9H16N2O2/c1-10-5-4-8-6-13-9(12)11(8)7-2-3-7/h7-8,10H,2-6H2,1H3. The maximum Gasteiger partial charge on any atom is 0.410 e. The molecule has 1 unspecified atom stereocenters. The molecular weight excluding hydrogens is 168 g/mol. The van der Waals surface area contributed by atoms with Gasteiger partial charge < -0.3 is 10.1 Å². The topological polar surface area (TPSA) is 41.6 Å². The van der Waals surface area contributed by atoms with E-state index in [2.05, 4.69) is 5.32 Å². The Bertz CT molecular complexity index is 204. The molecule has 1 aliphatic carbocycles. The third-order valence-electron chi connectivity index (χ3n) is 2.67. The lowest BCUT2D eigenvalue weighted by Gasteiger charge is -2.20. The van der Waals surface area contributed by atoms with E-state index >= 15 is 0 Å². The fourth-order valence-electron chi connectivity index (χ4n) is 1.80. The van der Waals surface area contributed by atoms with E-state index in [0.717, 1.165) is 25.8 Å². The maximum atomic E-state index is 11.3. The molecular formula is C9H16N2O2. The van der Waals surface area contributed by atoms with Crippen molar-refractivity contribution in [3.8, 4) is 0 Å². The van der Waals surface area contributed by atoms with Gasteiger partial charge in [0, 0.05) is 6.04 Å². The zero-order chi connectivity index (χ0) is 9.26. The van der Waals surface area contributed by atoms with Crippen LogP contribution in [0.3, 0.4) is 0 Å². The van der Waals surface area contributed by atoms with Gasteiger partial charge in [-0.25, -0.2) is 4.79 Å². The van der Waals surface area contributed by atoms with E-state index < -0.39 is 0 Å². The van der Waals surface area contributed by atoms with Gasteiger partial charge in [0.25, 0.3) is 0 Å². The lowest BCUT2D eigenvalue weighted by molar-refractivity contribution is 0.156. The summed E-state index contributed by atoms with van der Waals surface area (Å²) in [6.45, 7) is 1.53. The average Bonchev–Trinajstić information content (AvgIpc) is 2.88. The number of carbonyl (C=O) groups is 1. The van der Waals surface area contributed by atoms with Crippen molar-refractivity contribution in [3.05, 3.63) is 0 Å². The van der Waals surface area contributed by atoms with Gasteiger partial charge in [-0.1, -0.05) is 0 Å². The molecule has 0 bridgehead atoms. The number of nitrogens with zero attached hydrogens (tertiary/aromatic N) is 1. The summed E-state index contributed by atoms with van der Waals surface area (Å²) in [6.07, 6.45) is 3.21. The molecule has 1 amide bonds. The number of ether oxygens (including phenoxy) is 1. The molecule has 4 heteroatoms. The lowest BCUT2D eigenvalue weighted by Crippen LogP contribution is -2.37. The highest BCUT2D eigenvalue weighted by atomic mass is 16.6. The largest absolute Gasteiger partial charge is 0.447 e. The van der Waals surface area contributed by atoms with Crippen LogP contribution < -0.4 is 5.32 Å². The van der Waals surface area contributed by atoms with Gasteiger partial charge in [0.1, 0.15) is 6.61 Å². The number of rotatable bonds is 4. The summed E-state index contributed by atoms with van der Waals surface area (Å²) < 4.78 is 5.04. The van der Waals surface area contributed by atoms with E-state index in [9.17, 15) is 4.79 Å². The van der Waals surface area contributed by atoms with Crippen LogP contribution in [-0.4, -0.2) is 43.3 Å².